The van der Waals surface area contributed by atoms with Crippen molar-refractivity contribution in [2.75, 3.05) is 17.7 Å². The fourth-order valence-electron chi connectivity index (χ4n) is 2.06. The van der Waals surface area contributed by atoms with Crippen molar-refractivity contribution in [3.8, 4) is 0 Å². The van der Waals surface area contributed by atoms with Crippen LogP contribution in [0.3, 0.4) is 0 Å². The number of aromatic carboxylic acids is 1. The summed E-state index contributed by atoms with van der Waals surface area (Å²) in [6.45, 7) is 1.97. The van der Waals surface area contributed by atoms with E-state index in [1.165, 1.54) is 12.3 Å². The van der Waals surface area contributed by atoms with Gasteiger partial charge in [0.05, 0.1) is 17.9 Å². The fraction of sp³-hybridized carbons (Fsp3) is 0.200. The molecule has 1 atom stereocenters. The molecule has 0 amide bonds. The van der Waals surface area contributed by atoms with Gasteiger partial charge in [-0.25, -0.2) is 9.78 Å². The summed E-state index contributed by atoms with van der Waals surface area (Å²) in [5.74, 6) is -0.681. The predicted molar refractivity (Wildman–Crippen MR) is 83.9 cm³/mol. The number of nitrogens with zero attached hydrogens (tertiary/aromatic N) is 2. The van der Waals surface area contributed by atoms with E-state index in [1.54, 1.807) is 24.1 Å². The molecule has 5 nitrogen and oxygen atoms in total. The van der Waals surface area contributed by atoms with Crippen molar-refractivity contribution in [3.63, 3.8) is 0 Å². The third kappa shape index (κ3) is 3.25. The van der Waals surface area contributed by atoms with Crippen LogP contribution in [0.5, 0.6) is 0 Å². The molecule has 0 bridgehead atoms. The lowest BCUT2D eigenvalue weighted by Gasteiger charge is -2.27. The molecule has 1 unspecified atom stereocenters. The van der Waals surface area contributed by atoms with Gasteiger partial charge in [0.15, 0.2) is 0 Å². The van der Waals surface area contributed by atoms with Crippen LogP contribution in [-0.4, -0.2) is 23.1 Å². The van der Waals surface area contributed by atoms with E-state index in [2.05, 4.69) is 4.98 Å². The molecule has 21 heavy (non-hydrogen) atoms. The number of rotatable bonds is 4. The largest absolute Gasteiger partial charge is 0.478 e. The zero-order valence-electron chi connectivity index (χ0n) is 11.7. The molecule has 1 aromatic heterocycles. The molecule has 2 aromatic rings. The first-order valence-electron chi connectivity index (χ1n) is 6.37. The minimum Gasteiger partial charge on any atom is -0.478 e. The molecular formula is C15H16ClN3O2. The molecule has 1 aromatic carbocycles. The van der Waals surface area contributed by atoms with Gasteiger partial charge in [0.25, 0.3) is 0 Å². The van der Waals surface area contributed by atoms with Gasteiger partial charge in [-0.1, -0.05) is 23.7 Å². The van der Waals surface area contributed by atoms with Crippen LogP contribution in [0.2, 0.25) is 5.02 Å². The van der Waals surface area contributed by atoms with Gasteiger partial charge in [-0.05, 0) is 30.7 Å². The number of benzene rings is 1. The average Bonchev–Trinajstić information content (AvgIpc) is 2.46. The molecule has 0 spiro atoms. The first-order chi connectivity index (χ1) is 9.90. The molecule has 0 aliphatic rings. The summed E-state index contributed by atoms with van der Waals surface area (Å²) >= 11 is 5.88. The van der Waals surface area contributed by atoms with Crippen LogP contribution in [0.4, 0.5) is 11.5 Å². The number of hydrogen-bond donors (Lipinski definition) is 2. The van der Waals surface area contributed by atoms with Crippen LogP contribution >= 0.6 is 11.6 Å². The second kappa shape index (κ2) is 6.01. The first-order valence-corrected chi connectivity index (χ1v) is 6.75. The van der Waals surface area contributed by atoms with E-state index >= 15 is 0 Å². The van der Waals surface area contributed by atoms with Crippen molar-refractivity contribution in [1.82, 2.24) is 4.98 Å². The van der Waals surface area contributed by atoms with Crippen LogP contribution in [0.25, 0.3) is 0 Å². The van der Waals surface area contributed by atoms with E-state index in [-0.39, 0.29) is 11.6 Å². The highest BCUT2D eigenvalue weighted by atomic mass is 35.5. The Kier molecular flexibility index (Phi) is 4.33. The number of carboxylic acid groups (broad SMARTS) is 1. The van der Waals surface area contributed by atoms with Crippen LogP contribution in [0.15, 0.2) is 36.5 Å². The van der Waals surface area contributed by atoms with Crippen molar-refractivity contribution in [2.24, 2.45) is 0 Å². The number of halogens is 1. The summed E-state index contributed by atoms with van der Waals surface area (Å²) in [6.07, 6.45) is 1.45. The third-order valence-electron chi connectivity index (χ3n) is 3.39. The Morgan fingerprint density at radius 1 is 1.38 bits per heavy atom. The molecule has 6 heteroatoms. The Morgan fingerprint density at radius 3 is 2.57 bits per heavy atom. The predicted octanol–water partition coefficient (Wildman–Crippen LogP) is 3.21. The Hall–Kier alpha value is -2.27. The lowest BCUT2D eigenvalue weighted by atomic mass is 10.1. The summed E-state index contributed by atoms with van der Waals surface area (Å²) < 4.78 is 0. The Labute approximate surface area is 128 Å². The van der Waals surface area contributed by atoms with Crippen LogP contribution in [0, 0.1) is 0 Å². The van der Waals surface area contributed by atoms with Crippen LogP contribution in [-0.2, 0) is 0 Å². The summed E-state index contributed by atoms with van der Waals surface area (Å²) in [5, 5.41) is 9.95. The van der Waals surface area contributed by atoms with Gasteiger partial charge in [0.2, 0.25) is 0 Å². The number of aromatic nitrogens is 1. The summed E-state index contributed by atoms with van der Waals surface area (Å²) in [6, 6.07) is 8.76. The standard InChI is InChI=1S/C15H16ClN3O2/c1-9(10-3-5-11(16)6-4-10)19(2)14-13(15(20)21)7-12(17)8-18-14/h3-9H,17H2,1-2H3,(H,20,21). The maximum atomic E-state index is 11.3. The fourth-order valence-corrected chi connectivity index (χ4v) is 2.19. The Bertz CT molecular complexity index is 658. The second-order valence-corrected chi connectivity index (χ2v) is 5.22. The molecule has 1 heterocycles. The maximum Gasteiger partial charge on any atom is 0.339 e. The highest BCUT2D eigenvalue weighted by molar-refractivity contribution is 6.30. The number of carbonyl (C=O) groups is 1. The van der Waals surface area contributed by atoms with Crippen molar-refractivity contribution < 1.29 is 9.90 Å². The van der Waals surface area contributed by atoms with Gasteiger partial charge in [-0.15, -0.1) is 0 Å². The van der Waals surface area contributed by atoms with E-state index in [4.69, 9.17) is 17.3 Å². The van der Waals surface area contributed by atoms with Crippen LogP contribution in [0.1, 0.15) is 28.9 Å². The minimum absolute atomic E-state index is 0.0588. The zero-order valence-corrected chi connectivity index (χ0v) is 12.5. The number of anilines is 2. The Balaban J connectivity index is 2.37. The quantitative estimate of drug-likeness (QED) is 0.906. The van der Waals surface area contributed by atoms with Crippen LogP contribution < -0.4 is 10.6 Å². The monoisotopic (exact) mass is 305 g/mol. The molecular weight excluding hydrogens is 290 g/mol. The van der Waals surface area contributed by atoms with Gasteiger partial charge < -0.3 is 15.7 Å². The molecule has 3 N–H and O–H groups in total. The zero-order chi connectivity index (χ0) is 15.6. The topological polar surface area (TPSA) is 79.5 Å². The van der Waals surface area contributed by atoms with Gasteiger partial charge in [-0.2, -0.15) is 0 Å². The van der Waals surface area contributed by atoms with Gasteiger partial charge in [-0.3, -0.25) is 0 Å². The van der Waals surface area contributed by atoms with E-state index in [1.807, 2.05) is 19.1 Å². The van der Waals surface area contributed by atoms with Crippen molar-refractivity contribution in [3.05, 3.63) is 52.7 Å². The molecule has 0 radical (unpaired) electrons. The van der Waals surface area contributed by atoms with E-state index < -0.39 is 5.97 Å². The molecule has 2 rings (SSSR count). The van der Waals surface area contributed by atoms with Crippen molar-refractivity contribution in [2.45, 2.75) is 13.0 Å². The maximum absolute atomic E-state index is 11.3. The lowest BCUT2D eigenvalue weighted by Crippen LogP contribution is -2.25. The van der Waals surface area contributed by atoms with Crippen molar-refractivity contribution in [1.29, 1.82) is 0 Å². The lowest BCUT2D eigenvalue weighted by molar-refractivity contribution is 0.0697. The molecule has 110 valence electrons. The van der Waals surface area contributed by atoms with Gasteiger partial charge >= 0.3 is 5.97 Å². The SMILES string of the molecule is CC(c1ccc(Cl)cc1)N(C)c1ncc(N)cc1C(=O)O. The average molecular weight is 306 g/mol. The first kappa shape index (κ1) is 15.1. The number of nitrogens with two attached hydrogens (primary N) is 1. The van der Waals surface area contributed by atoms with E-state index in [9.17, 15) is 9.90 Å². The van der Waals surface area contributed by atoms with Gasteiger partial charge in [0.1, 0.15) is 11.4 Å². The normalized spacial score (nSPS) is 12.0. The highest BCUT2D eigenvalue weighted by Gasteiger charge is 2.20. The highest BCUT2D eigenvalue weighted by Crippen LogP contribution is 2.28. The molecule has 0 aliphatic heterocycles. The summed E-state index contributed by atoms with van der Waals surface area (Å²) in [5.41, 5.74) is 7.03. The smallest absolute Gasteiger partial charge is 0.339 e. The molecule has 0 aliphatic carbocycles. The number of hydrogen-bond acceptors (Lipinski definition) is 4. The summed E-state index contributed by atoms with van der Waals surface area (Å²) in [7, 11) is 1.80. The number of carboxylic acids is 1. The Morgan fingerprint density at radius 2 is 2.00 bits per heavy atom. The minimum atomic E-state index is -1.06. The third-order valence-corrected chi connectivity index (χ3v) is 3.64. The number of nitrogen functional groups attached to an aromatic ring is 1. The molecule has 0 fully saturated rings. The molecule has 0 saturated carbocycles. The van der Waals surface area contributed by atoms with Crippen molar-refractivity contribution >= 4 is 29.1 Å². The number of pyridine rings is 1. The van der Waals surface area contributed by atoms with E-state index in [0.29, 0.717) is 16.5 Å². The summed E-state index contributed by atoms with van der Waals surface area (Å²) in [4.78, 5) is 17.3. The second-order valence-electron chi connectivity index (χ2n) is 4.78. The van der Waals surface area contributed by atoms with E-state index in [0.717, 1.165) is 5.56 Å². The van der Waals surface area contributed by atoms with Gasteiger partial charge in [0, 0.05) is 12.1 Å². The molecule has 0 saturated heterocycles.